The lowest BCUT2D eigenvalue weighted by Crippen LogP contribution is -2.23. The van der Waals surface area contributed by atoms with Crippen LogP contribution in [0.15, 0.2) is 41.1 Å². The summed E-state index contributed by atoms with van der Waals surface area (Å²) < 4.78 is 26.5. The van der Waals surface area contributed by atoms with Crippen molar-refractivity contribution < 1.29 is 19.0 Å². The van der Waals surface area contributed by atoms with Crippen molar-refractivity contribution in [2.45, 2.75) is 13.3 Å². The molecule has 132 valence electrons. The molecule has 1 aliphatic rings. The van der Waals surface area contributed by atoms with Gasteiger partial charge in [0.25, 0.3) is 5.56 Å². The molecular formula is C18H19FN2O4. The van der Waals surface area contributed by atoms with E-state index in [4.69, 9.17) is 14.6 Å². The lowest BCUT2D eigenvalue weighted by molar-refractivity contribution is 0.133. The molecule has 0 saturated carbocycles. The van der Waals surface area contributed by atoms with Crippen LogP contribution in [0, 0.1) is 12.7 Å². The molecule has 1 aromatic carbocycles. The van der Waals surface area contributed by atoms with E-state index >= 15 is 0 Å². The van der Waals surface area contributed by atoms with Crippen LogP contribution in [0.4, 0.5) is 15.8 Å². The van der Waals surface area contributed by atoms with Crippen LogP contribution in [0.5, 0.6) is 5.88 Å². The fraction of sp³-hybridized carbons (Fsp3) is 0.278. The maximum Gasteiger partial charge on any atom is 0.255 e. The van der Waals surface area contributed by atoms with Crippen molar-refractivity contribution in [2.24, 2.45) is 7.05 Å². The molecule has 0 atom stereocenters. The van der Waals surface area contributed by atoms with Crippen LogP contribution < -0.4 is 15.6 Å². The zero-order chi connectivity index (χ0) is 18.0. The molecule has 0 unspecified atom stereocenters. The summed E-state index contributed by atoms with van der Waals surface area (Å²) in [5.41, 5.74) is 1.94. The topological polar surface area (TPSA) is 72.7 Å². The molecule has 25 heavy (non-hydrogen) atoms. The average molecular weight is 346 g/mol. The quantitative estimate of drug-likeness (QED) is 0.870. The Kier molecular flexibility index (Phi) is 4.76. The normalized spacial score (nSPS) is 12.9. The maximum atomic E-state index is 14.2. The van der Waals surface area contributed by atoms with Crippen LogP contribution in [-0.2, 0) is 18.2 Å². The maximum absolute atomic E-state index is 14.2. The zero-order valence-electron chi connectivity index (χ0n) is 14.0. The number of halogens is 1. The number of aromatic nitrogens is 1. The fourth-order valence-corrected chi connectivity index (χ4v) is 2.62. The number of nitrogens with zero attached hydrogens (tertiary/aromatic N) is 1. The van der Waals surface area contributed by atoms with E-state index < -0.39 is 5.82 Å². The predicted molar refractivity (Wildman–Crippen MR) is 91.6 cm³/mol. The first-order valence-corrected chi connectivity index (χ1v) is 7.85. The summed E-state index contributed by atoms with van der Waals surface area (Å²) in [5.74, 6) is 0.491. The van der Waals surface area contributed by atoms with E-state index in [1.807, 2.05) is 0 Å². The lowest BCUT2D eigenvalue weighted by Gasteiger charge is -2.23. The lowest BCUT2D eigenvalue weighted by atomic mass is 10.1. The standard InChI is InChI=1S/C18H19FN2O4/c1-11-3-4-15(14(19)7-11)20-16-9-17(23)21(2)18-13(16)8-12(10-25-18)24-6-5-22/h3-4,7,9-10,20,22H,5-6,8H2,1-2H3. The van der Waals surface area contributed by atoms with Crippen molar-refractivity contribution in [2.75, 3.05) is 18.5 Å². The van der Waals surface area contributed by atoms with E-state index in [-0.39, 0.29) is 24.5 Å². The second-order valence-electron chi connectivity index (χ2n) is 5.80. The molecule has 0 spiro atoms. The van der Waals surface area contributed by atoms with Gasteiger partial charge >= 0.3 is 0 Å². The van der Waals surface area contributed by atoms with Crippen LogP contribution in [0.1, 0.15) is 11.1 Å². The van der Waals surface area contributed by atoms with Crippen molar-refractivity contribution in [1.82, 2.24) is 4.57 Å². The number of fused-ring (bicyclic) bond motifs is 1. The smallest absolute Gasteiger partial charge is 0.255 e. The van der Waals surface area contributed by atoms with Gasteiger partial charge in [0.1, 0.15) is 24.4 Å². The van der Waals surface area contributed by atoms with Crippen LogP contribution >= 0.6 is 0 Å². The number of hydrogen-bond donors (Lipinski definition) is 2. The molecule has 2 heterocycles. The SMILES string of the molecule is Cc1ccc(Nc2cc(=O)n(C)c3c2CC(OCCO)=CO3)c(F)c1. The van der Waals surface area contributed by atoms with Gasteiger partial charge in [0.2, 0.25) is 5.88 Å². The number of aliphatic hydroxyl groups excluding tert-OH is 1. The Hall–Kier alpha value is -2.80. The molecule has 2 aromatic rings. The predicted octanol–water partition coefficient (Wildman–Crippen LogP) is 2.36. The second-order valence-corrected chi connectivity index (χ2v) is 5.80. The Labute approximate surface area is 144 Å². The molecule has 2 N–H and O–H groups in total. The number of ether oxygens (including phenoxy) is 2. The summed E-state index contributed by atoms with van der Waals surface area (Å²) in [6, 6.07) is 6.22. The number of anilines is 2. The van der Waals surface area contributed by atoms with Gasteiger partial charge in [-0.25, -0.2) is 4.39 Å². The fourth-order valence-electron chi connectivity index (χ4n) is 2.62. The molecule has 6 nitrogen and oxygen atoms in total. The minimum atomic E-state index is -0.404. The Bertz CT molecular complexity index is 889. The van der Waals surface area contributed by atoms with Crippen LogP contribution in [0.25, 0.3) is 0 Å². The summed E-state index contributed by atoms with van der Waals surface area (Å²) in [6.07, 6.45) is 1.77. The molecule has 7 heteroatoms. The van der Waals surface area contributed by atoms with Crippen LogP contribution in [0.2, 0.25) is 0 Å². The van der Waals surface area contributed by atoms with Crippen molar-refractivity contribution in [3.63, 3.8) is 0 Å². The van der Waals surface area contributed by atoms with E-state index in [0.29, 0.717) is 29.3 Å². The summed E-state index contributed by atoms with van der Waals surface area (Å²) in [7, 11) is 1.60. The molecule has 1 aromatic heterocycles. The van der Waals surface area contributed by atoms with Crippen LogP contribution in [0.3, 0.4) is 0 Å². The second kappa shape index (κ2) is 6.98. The highest BCUT2D eigenvalue weighted by molar-refractivity contribution is 5.66. The molecule has 0 saturated heterocycles. The molecular weight excluding hydrogens is 327 g/mol. The van der Waals surface area contributed by atoms with Crippen molar-refractivity contribution >= 4 is 11.4 Å². The number of pyridine rings is 1. The third kappa shape index (κ3) is 3.51. The van der Waals surface area contributed by atoms with Gasteiger partial charge in [-0.1, -0.05) is 6.07 Å². The van der Waals surface area contributed by atoms with Gasteiger partial charge in [-0.05, 0) is 24.6 Å². The molecule has 0 amide bonds. The van der Waals surface area contributed by atoms with Gasteiger partial charge in [-0.15, -0.1) is 0 Å². The van der Waals surface area contributed by atoms with Gasteiger partial charge < -0.3 is 19.9 Å². The van der Waals surface area contributed by atoms with E-state index in [1.165, 1.54) is 23.0 Å². The number of rotatable bonds is 5. The Morgan fingerprint density at radius 2 is 2.16 bits per heavy atom. The zero-order valence-corrected chi connectivity index (χ0v) is 14.0. The largest absolute Gasteiger partial charge is 0.492 e. The summed E-state index contributed by atoms with van der Waals surface area (Å²) >= 11 is 0. The highest BCUT2D eigenvalue weighted by atomic mass is 19.1. The molecule has 0 aliphatic carbocycles. The highest BCUT2D eigenvalue weighted by Crippen LogP contribution is 2.33. The number of allylic oxidation sites excluding steroid dienone is 1. The molecule has 3 rings (SSSR count). The van der Waals surface area contributed by atoms with E-state index in [9.17, 15) is 9.18 Å². The van der Waals surface area contributed by atoms with Gasteiger partial charge in [0, 0.05) is 25.1 Å². The average Bonchev–Trinajstić information content (AvgIpc) is 2.59. The first kappa shape index (κ1) is 17.0. The van der Waals surface area contributed by atoms with Gasteiger partial charge in [-0.2, -0.15) is 0 Å². The monoisotopic (exact) mass is 346 g/mol. The van der Waals surface area contributed by atoms with E-state index in [1.54, 1.807) is 26.1 Å². The van der Waals surface area contributed by atoms with E-state index in [0.717, 1.165) is 5.56 Å². The minimum Gasteiger partial charge on any atom is -0.492 e. The van der Waals surface area contributed by atoms with Crippen molar-refractivity contribution in [1.29, 1.82) is 0 Å². The highest BCUT2D eigenvalue weighted by Gasteiger charge is 2.22. The number of aliphatic hydroxyl groups is 1. The van der Waals surface area contributed by atoms with Crippen molar-refractivity contribution in [3.8, 4) is 5.88 Å². The number of nitrogens with one attached hydrogen (secondary N) is 1. The van der Waals surface area contributed by atoms with Gasteiger partial charge in [0.15, 0.2) is 0 Å². The summed E-state index contributed by atoms with van der Waals surface area (Å²) in [5, 5.41) is 11.9. The number of aryl methyl sites for hydroxylation is 1. The first-order valence-electron chi connectivity index (χ1n) is 7.85. The summed E-state index contributed by atoms with van der Waals surface area (Å²) in [6.45, 7) is 1.83. The molecule has 0 radical (unpaired) electrons. The number of hydrogen-bond acceptors (Lipinski definition) is 5. The molecule has 0 fully saturated rings. The number of benzene rings is 1. The third-order valence-electron chi connectivity index (χ3n) is 3.91. The molecule has 1 aliphatic heterocycles. The third-order valence-corrected chi connectivity index (χ3v) is 3.91. The van der Waals surface area contributed by atoms with Gasteiger partial charge in [-0.3, -0.25) is 9.36 Å². The minimum absolute atomic E-state index is 0.114. The molecule has 0 bridgehead atoms. The Morgan fingerprint density at radius 1 is 1.36 bits per heavy atom. The van der Waals surface area contributed by atoms with Crippen LogP contribution in [-0.4, -0.2) is 22.9 Å². The Morgan fingerprint density at radius 3 is 2.88 bits per heavy atom. The Balaban J connectivity index is 1.98. The first-order chi connectivity index (χ1) is 12.0. The summed E-state index contributed by atoms with van der Waals surface area (Å²) in [4.78, 5) is 12.2. The van der Waals surface area contributed by atoms with Crippen molar-refractivity contribution in [3.05, 3.63) is 63.6 Å². The van der Waals surface area contributed by atoms with E-state index in [2.05, 4.69) is 5.32 Å². The van der Waals surface area contributed by atoms with Gasteiger partial charge in [0.05, 0.1) is 18.0 Å².